The van der Waals surface area contributed by atoms with Gasteiger partial charge in [-0.3, -0.25) is 4.79 Å². The van der Waals surface area contributed by atoms with Crippen LogP contribution in [0.1, 0.15) is 239 Å². The molecular formula is C44H87NO4. The molecule has 5 heteroatoms. The molecule has 0 aromatic carbocycles. The Balaban J connectivity index is 3.54. The predicted octanol–water partition coefficient (Wildman–Crippen LogP) is 12.4. The van der Waals surface area contributed by atoms with E-state index in [1.165, 1.54) is 173 Å². The van der Waals surface area contributed by atoms with Gasteiger partial charge in [-0.25, -0.2) is 0 Å². The molecule has 0 heterocycles. The first-order chi connectivity index (χ1) is 24.1. The highest BCUT2D eigenvalue weighted by atomic mass is 16.3. The van der Waals surface area contributed by atoms with Crippen LogP contribution in [0.4, 0.5) is 0 Å². The van der Waals surface area contributed by atoms with Gasteiger partial charge in [-0.1, -0.05) is 206 Å². The van der Waals surface area contributed by atoms with Crippen LogP contribution in [0.3, 0.4) is 0 Å². The van der Waals surface area contributed by atoms with Crippen molar-refractivity contribution in [2.75, 3.05) is 6.61 Å². The molecule has 3 unspecified atom stereocenters. The zero-order valence-corrected chi connectivity index (χ0v) is 33.1. The van der Waals surface area contributed by atoms with Crippen molar-refractivity contribution in [2.24, 2.45) is 0 Å². The van der Waals surface area contributed by atoms with Crippen LogP contribution >= 0.6 is 0 Å². The van der Waals surface area contributed by atoms with Gasteiger partial charge in [0, 0.05) is 6.42 Å². The van der Waals surface area contributed by atoms with Crippen molar-refractivity contribution in [3.8, 4) is 0 Å². The predicted molar refractivity (Wildman–Crippen MR) is 213 cm³/mol. The van der Waals surface area contributed by atoms with Crippen LogP contribution in [0.2, 0.25) is 0 Å². The summed E-state index contributed by atoms with van der Waals surface area (Å²) in [5, 5.41) is 33.4. The summed E-state index contributed by atoms with van der Waals surface area (Å²) in [4.78, 5) is 12.4. The van der Waals surface area contributed by atoms with Crippen LogP contribution in [-0.2, 0) is 4.79 Å². The van der Waals surface area contributed by atoms with E-state index < -0.39 is 18.2 Å². The molecule has 0 fully saturated rings. The average molecular weight is 694 g/mol. The third-order valence-corrected chi connectivity index (χ3v) is 10.4. The van der Waals surface area contributed by atoms with Crippen LogP contribution in [0.25, 0.3) is 0 Å². The molecule has 0 aromatic heterocycles. The normalized spacial score (nSPS) is 13.7. The van der Waals surface area contributed by atoms with Crippen LogP contribution in [-0.4, -0.2) is 46.1 Å². The number of hydrogen-bond acceptors (Lipinski definition) is 4. The third-order valence-electron chi connectivity index (χ3n) is 10.4. The van der Waals surface area contributed by atoms with E-state index in [4.69, 9.17) is 0 Å². The summed E-state index contributed by atoms with van der Waals surface area (Å²) in [6, 6.07) is -0.805. The lowest BCUT2D eigenvalue weighted by molar-refractivity contribution is -0.124. The molecular weight excluding hydrogens is 606 g/mol. The molecule has 0 aliphatic heterocycles. The number of rotatable bonds is 40. The molecule has 292 valence electrons. The lowest BCUT2D eigenvalue weighted by Crippen LogP contribution is -2.50. The maximum absolute atomic E-state index is 12.4. The van der Waals surface area contributed by atoms with Gasteiger partial charge in [0.15, 0.2) is 0 Å². The second-order valence-corrected chi connectivity index (χ2v) is 15.3. The fourth-order valence-electron chi connectivity index (χ4n) is 6.92. The Morgan fingerprint density at radius 2 is 0.816 bits per heavy atom. The topological polar surface area (TPSA) is 89.8 Å². The van der Waals surface area contributed by atoms with Crippen molar-refractivity contribution >= 4 is 5.91 Å². The Labute approximate surface area is 306 Å². The van der Waals surface area contributed by atoms with Crippen LogP contribution < -0.4 is 5.32 Å². The van der Waals surface area contributed by atoms with Crippen molar-refractivity contribution in [3.63, 3.8) is 0 Å². The van der Waals surface area contributed by atoms with E-state index in [0.717, 1.165) is 38.5 Å². The molecule has 3 atom stereocenters. The number of amides is 1. The molecule has 0 saturated carbocycles. The molecule has 5 nitrogen and oxygen atoms in total. The van der Waals surface area contributed by atoms with Gasteiger partial charge in [-0.15, -0.1) is 0 Å². The fraction of sp³-hybridized carbons (Fsp3) is 0.932. The Morgan fingerprint density at radius 3 is 1.18 bits per heavy atom. The van der Waals surface area contributed by atoms with E-state index in [1.54, 1.807) is 0 Å². The zero-order valence-electron chi connectivity index (χ0n) is 33.1. The van der Waals surface area contributed by atoms with Crippen molar-refractivity contribution in [1.82, 2.24) is 5.32 Å². The smallest absolute Gasteiger partial charge is 0.220 e. The average Bonchev–Trinajstić information content (AvgIpc) is 3.10. The number of aliphatic hydroxyl groups is 3. The standard InChI is InChI=1S/C44H87NO4/c1-3-5-7-9-11-13-15-16-17-18-19-20-21-22-23-24-25-26-27-28-29-31-33-35-37-39-43(48)45-41(40-46)44(49)42(47)38-36-34-32-30-14-12-10-8-6-4-2/h22-23,41-42,44,46-47,49H,3-21,24-40H2,1-2H3,(H,45,48)/b23-22-. The maximum Gasteiger partial charge on any atom is 0.220 e. The van der Waals surface area contributed by atoms with Crippen LogP contribution in [0.5, 0.6) is 0 Å². The highest BCUT2D eigenvalue weighted by Gasteiger charge is 2.26. The second kappa shape index (κ2) is 39.9. The highest BCUT2D eigenvalue weighted by molar-refractivity contribution is 5.76. The lowest BCUT2D eigenvalue weighted by atomic mass is 9.99. The summed E-state index contributed by atoms with van der Waals surface area (Å²) in [7, 11) is 0. The summed E-state index contributed by atoms with van der Waals surface area (Å²) in [5.74, 6) is -0.146. The van der Waals surface area contributed by atoms with Crippen molar-refractivity contribution in [2.45, 2.75) is 257 Å². The largest absolute Gasteiger partial charge is 0.394 e. The number of carbonyl (C=O) groups is 1. The molecule has 0 bridgehead atoms. The number of carbonyl (C=O) groups excluding carboxylic acids is 1. The molecule has 1 amide bonds. The van der Waals surface area contributed by atoms with E-state index >= 15 is 0 Å². The minimum atomic E-state index is -1.13. The van der Waals surface area contributed by atoms with Crippen molar-refractivity contribution < 1.29 is 20.1 Å². The molecule has 4 N–H and O–H groups in total. The molecule has 0 aromatic rings. The molecule has 49 heavy (non-hydrogen) atoms. The Bertz CT molecular complexity index is 684. The lowest BCUT2D eigenvalue weighted by Gasteiger charge is -2.26. The van der Waals surface area contributed by atoms with Crippen LogP contribution in [0.15, 0.2) is 12.2 Å². The molecule has 0 rings (SSSR count). The summed E-state index contributed by atoms with van der Waals surface area (Å²) < 4.78 is 0. The third kappa shape index (κ3) is 35.3. The van der Waals surface area contributed by atoms with Gasteiger partial charge in [0.25, 0.3) is 0 Å². The van der Waals surface area contributed by atoms with E-state index in [1.807, 2.05) is 0 Å². The first kappa shape index (κ1) is 48.1. The van der Waals surface area contributed by atoms with Gasteiger partial charge in [0.1, 0.15) is 6.10 Å². The van der Waals surface area contributed by atoms with Gasteiger partial charge in [0.2, 0.25) is 5.91 Å². The van der Waals surface area contributed by atoms with Gasteiger partial charge < -0.3 is 20.6 Å². The zero-order chi connectivity index (χ0) is 35.9. The summed E-state index contributed by atoms with van der Waals surface area (Å²) in [5.41, 5.74) is 0. The van der Waals surface area contributed by atoms with E-state index in [0.29, 0.717) is 12.8 Å². The minimum absolute atomic E-state index is 0.146. The Kier molecular flexibility index (Phi) is 39.1. The highest BCUT2D eigenvalue weighted by Crippen LogP contribution is 2.16. The number of hydrogen-bond donors (Lipinski definition) is 4. The number of nitrogens with one attached hydrogen (secondary N) is 1. The van der Waals surface area contributed by atoms with Crippen molar-refractivity contribution in [1.29, 1.82) is 0 Å². The summed E-state index contributed by atoms with van der Waals surface area (Å²) >= 11 is 0. The quantitative estimate of drug-likeness (QED) is 0.0380. The molecule has 0 spiro atoms. The second-order valence-electron chi connectivity index (χ2n) is 15.3. The van der Waals surface area contributed by atoms with Crippen LogP contribution in [0, 0.1) is 0 Å². The summed E-state index contributed by atoms with van der Waals surface area (Å²) in [6.07, 6.45) is 46.2. The SMILES string of the molecule is CCCCCCCCCCCCCC/C=C\CCCCCCCCCCCC(=O)NC(CO)C(O)C(O)CCCCCCCCCCCC. The molecule has 0 aliphatic rings. The number of aliphatic hydroxyl groups excluding tert-OH is 3. The van der Waals surface area contributed by atoms with E-state index in [9.17, 15) is 20.1 Å². The first-order valence-electron chi connectivity index (χ1n) is 22.0. The fourth-order valence-corrected chi connectivity index (χ4v) is 6.92. The first-order valence-corrected chi connectivity index (χ1v) is 22.0. The van der Waals surface area contributed by atoms with Gasteiger partial charge in [-0.05, 0) is 38.5 Å². The molecule has 0 saturated heterocycles. The van der Waals surface area contributed by atoms with Crippen molar-refractivity contribution in [3.05, 3.63) is 12.2 Å². The monoisotopic (exact) mass is 694 g/mol. The van der Waals surface area contributed by atoms with E-state index in [2.05, 4.69) is 31.3 Å². The Morgan fingerprint density at radius 1 is 0.490 bits per heavy atom. The number of allylic oxidation sites excluding steroid dienone is 2. The van der Waals surface area contributed by atoms with Gasteiger partial charge >= 0.3 is 0 Å². The molecule has 0 radical (unpaired) electrons. The molecule has 0 aliphatic carbocycles. The minimum Gasteiger partial charge on any atom is -0.394 e. The van der Waals surface area contributed by atoms with Gasteiger partial charge in [0.05, 0.1) is 18.8 Å². The maximum atomic E-state index is 12.4. The summed E-state index contributed by atoms with van der Waals surface area (Å²) in [6.45, 7) is 4.17. The number of unbranched alkanes of at least 4 members (excludes halogenated alkanes) is 30. The Hall–Kier alpha value is -0.910. The van der Waals surface area contributed by atoms with Gasteiger partial charge in [-0.2, -0.15) is 0 Å². The van der Waals surface area contributed by atoms with E-state index in [-0.39, 0.29) is 12.5 Å².